The molecule has 0 amide bonds. The van der Waals surface area contributed by atoms with Gasteiger partial charge in [-0.1, -0.05) is 23.4 Å². The number of benzene rings is 2. The number of ether oxygens (including phenoxy) is 2. The van der Waals surface area contributed by atoms with Crippen molar-refractivity contribution in [3.05, 3.63) is 69.0 Å². The molecule has 34 heavy (non-hydrogen) atoms. The first-order valence-electron chi connectivity index (χ1n) is 11.1. The first-order valence-corrected chi connectivity index (χ1v) is 12.4. The summed E-state index contributed by atoms with van der Waals surface area (Å²) in [5.74, 6) is 2.08. The third-order valence-corrected chi connectivity index (χ3v) is 7.36. The van der Waals surface area contributed by atoms with Gasteiger partial charge >= 0.3 is 5.63 Å². The Morgan fingerprint density at radius 2 is 2.03 bits per heavy atom. The predicted molar refractivity (Wildman–Crippen MR) is 133 cm³/mol. The molecule has 2 aromatic carbocycles. The Bertz CT molecular complexity index is 1380. The van der Waals surface area contributed by atoms with Crippen LogP contribution in [0.25, 0.3) is 22.4 Å². The lowest BCUT2D eigenvalue weighted by Crippen LogP contribution is -2.16. The lowest BCUT2D eigenvalue weighted by molar-refractivity contribution is 0.0953. The van der Waals surface area contributed by atoms with Gasteiger partial charge in [-0.2, -0.15) is 0 Å². The maximum atomic E-state index is 12.2. The van der Waals surface area contributed by atoms with E-state index < -0.39 is 0 Å². The van der Waals surface area contributed by atoms with Crippen molar-refractivity contribution in [1.29, 1.82) is 0 Å². The van der Waals surface area contributed by atoms with Gasteiger partial charge in [-0.15, -0.1) is 10.2 Å². The molecule has 1 aliphatic rings. The molecule has 0 bridgehead atoms. The minimum absolute atomic E-state index is 0.124. The van der Waals surface area contributed by atoms with Gasteiger partial charge in [-0.05, 0) is 67.3 Å². The van der Waals surface area contributed by atoms with E-state index in [0.717, 1.165) is 58.3 Å². The normalized spacial score (nSPS) is 15.8. The molecule has 4 aromatic rings. The first kappa shape index (κ1) is 23.0. The van der Waals surface area contributed by atoms with E-state index >= 15 is 0 Å². The average molecular weight is 498 g/mol. The summed E-state index contributed by atoms with van der Waals surface area (Å²) in [5, 5.41) is 11.2. The maximum Gasteiger partial charge on any atom is 0.336 e. The molecule has 5 rings (SSSR count). The minimum Gasteiger partial charge on any atom is -0.497 e. The highest BCUT2D eigenvalue weighted by Crippen LogP contribution is 2.32. The molecule has 1 fully saturated rings. The zero-order valence-electron chi connectivity index (χ0n) is 18.9. The topological polar surface area (TPSA) is 79.4 Å². The Balaban J connectivity index is 1.48. The number of aromatic nitrogens is 3. The van der Waals surface area contributed by atoms with Crippen LogP contribution in [0.15, 0.2) is 56.8 Å². The first-order chi connectivity index (χ1) is 16.5. The molecule has 3 heterocycles. The smallest absolute Gasteiger partial charge is 0.336 e. The maximum absolute atomic E-state index is 12.2. The standard InChI is InChI=1S/C25H24ClN3O4S/c1-15-10-22-20(12-21(15)26)17(11-23(30)33-22)14-34-25-28-27-24(16-5-7-18(31-2)8-6-16)29(25)13-19-4-3-9-32-19/h5-8,10-12,19H,3-4,9,13-14H2,1-2H3. The van der Waals surface area contributed by atoms with Crippen LogP contribution in [0.2, 0.25) is 5.02 Å². The predicted octanol–water partition coefficient (Wildman–Crippen LogP) is 5.49. The molecule has 2 aromatic heterocycles. The third-order valence-electron chi connectivity index (χ3n) is 5.94. The average Bonchev–Trinajstić information content (AvgIpc) is 3.49. The van der Waals surface area contributed by atoms with Gasteiger partial charge in [0.1, 0.15) is 11.3 Å². The quantitative estimate of drug-likeness (QED) is 0.246. The van der Waals surface area contributed by atoms with E-state index in [1.165, 1.54) is 17.8 Å². The number of halogens is 1. The molecule has 176 valence electrons. The third kappa shape index (κ3) is 4.71. The Morgan fingerprint density at radius 3 is 2.76 bits per heavy atom. The van der Waals surface area contributed by atoms with Crippen molar-refractivity contribution < 1.29 is 13.9 Å². The van der Waals surface area contributed by atoms with E-state index in [2.05, 4.69) is 14.8 Å². The number of fused-ring (bicyclic) bond motifs is 1. The van der Waals surface area contributed by atoms with Gasteiger partial charge in [0.2, 0.25) is 0 Å². The summed E-state index contributed by atoms with van der Waals surface area (Å²) in [5.41, 5.74) is 2.80. The summed E-state index contributed by atoms with van der Waals surface area (Å²) < 4.78 is 18.7. The lowest BCUT2D eigenvalue weighted by atomic mass is 10.1. The highest BCUT2D eigenvalue weighted by atomic mass is 35.5. The molecule has 0 N–H and O–H groups in total. The summed E-state index contributed by atoms with van der Waals surface area (Å²) in [6.45, 7) is 3.33. The monoisotopic (exact) mass is 497 g/mol. The minimum atomic E-state index is -0.385. The van der Waals surface area contributed by atoms with Crippen LogP contribution < -0.4 is 10.4 Å². The molecule has 0 aliphatic carbocycles. The number of thioether (sulfide) groups is 1. The van der Waals surface area contributed by atoms with Crippen LogP contribution >= 0.6 is 23.4 Å². The largest absolute Gasteiger partial charge is 0.497 e. The summed E-state index contributed by atoms with van der Waals surface area (Å²) in [4.78, 5) is 12.2. The van der Waals surface area contributed by atoms with Crippen molar-refractivity contribution in [2.75, 3.05) is 13.7 Å². The number of hydrogen-bond acceptors (Lipinski definition) is 7. The molecule has 1 aliphatic heterocycles. The molecule has 1 unspecified atom stereocenters. The van der Waals surface area contributed by atoms with E-state index in [9.17, 15) is 4.79 Å². The van der Waals surface area contributed by atoms with Crippen LogP contribution in [0.5, 0.6) is 5.75 Å². The molecule has 0 saturated carbocycles. The van der Waals surface area contributed by atoms with Crippen molar-refractivity contribution in [2.45, 2.75) is 43.3 Å². The van der Waals surface area contributed by atoms with E-state index in [1.807, 2.05) is 37.3 Å². The van der Waals surface area contributed by atoms with Crippen molar-refractivity contribution in [1.82, 2.24) is 14.8 Å². The van der Waals surface area contributed by atoms with Crippen LogP contribution in [-0.2, 0) is 17.0 Å². The Labute approximate surface area is 206 Å². The fourth-order valence-corrected chi connectivity index (χ4v) is 5.22. The van der Waals surface area contributed by atoms with Crippen molar-refractivity contribution in [2.24, 2.45) is 0 Å². The molecule has 9 heteroatoms. The molecule has 0 spiro atoms. The van der Waals surface area contributed by atoms with Gasteiger partial charge in [0, 0.05) is 34.4 Å². The Kier molecular flexibility index (Phi) is 6.63. The summed E-state index contributed by atoms with van der Waals surface area (Å²) >= 11 is 7.88. The van der Waals surface area contributed by atoms with Crippen LogP contribution in [0.4, 0.5) is 0 Å². The summed E-state index contributed by atoms with van der Waals surface area (Å²) in [6, 6.07) is 12.9. The van der Waals surface area contributed by atoms with E-state index in [4.69, 9.17) is 25.5 Å². The summed E-state index contributed by atoms with van der Waals surface area (Å²) in [7, 11) is 1.64. The van der Waals surface area contributed by atoms with E-state index in [1.54, 1.807) is 13.2 Å². The molecule has 0 radical (unpaired) electrons. The van der Waals surface area contributed by atoms with Crippen LogP contribution in [0.1, 0.15) is 24.0 Å². The number of methoxy groups -OCH3 is 1. The Morgan fingerprint density at radius 1 is 1.21 bits per heavy atom. The van der Waals surface area contributed by atoms with Crippen LogP contribution in [0.3, 0.4) is 0 Å². The second-order valence-electron chi connectivity index (χ2n) is 8.26. The molecular weight excluding hydrogens is 474 g/mol. The van der Waals surface area contributed by atoms with Gasteiger partial charge in [0.25, 0.3) is 0 Å². The van der Waals surface area contributed by atoms with Gasteiger partial charge in [0.05, 0.1) is 19.8 Å². The fourth-order valence-electron chi connectivity index (χ4n) is 4.12. The zero-order valence-corrected chi connectivity index (χ0v) is 20.5. The number of aryl methyl sites for hydroxylation is 1. The van der Waals surface area contributed by atoms with Crippen LogP contribution in [0, 0.1) is 6.92 Å². The number of nitrogens with zero attached hydrogens (tertiary/aromatic N) is 3. The fraction of sp³-hybridized carbons (Fsp3) is 0.320. The second-order valence-corrected chi connectivity index (χ2v) is 9.61. The van der Waals surface area contributed by atoms with Crippen molar-refractivity contribution >= 4 is 34.3 Å². The van der Waals surface area contributed by atoms with Crippen molar-refractivity contribution in [3.63, 3.8) is 0 Å². The van der Waals surface area contributed by atoms with Crippen molar-refractivity contribution in [3.8, 4) is 17.1 Å². The van der Waals surface area contributed by atoms with Crippen LogP contribution in [-0.4, -0.2) is 34.6 Å². The second kappa shape index (κ2) is 9.82. The summed E-state index contributed by atoms with van der Waals surface area (Å²) in [6.07, 6.45) is 2.18. The molecule has 7 nitrogen and oxygen atoms in total. The Hall–Kier alpha value is -2.81. The number of rotatable bonds is 7. The zero-order chi connectivity index (χ0) is 23.7. The van der Waals surface area contributed by atoms with E-state index in [0.29, 0.717) is 22.9 Å². The highest BCUT2D eigenvalue weighted by molar-refractivity contribution is 7.98. The lowest BCUT2D eigenvalue weighted by Gasteiger charge is -2.15. The SMILES string of the molecule is COc1ccc(-c2nnc(SCc3cc(=O)oc4cc(C)c(Cl)cc34)n2CC2CCCO2)cc1. The van der Waals surface area contributed by atoms with Gasteiger partial charge < -0.3 is 13.9 Å². The highest BCUT2D eigenvalue weighted by Gasteiger charge is 2.22. The van der Waals surface area contributed by atoms with Gasteiger partial charge in [-0.3, -0.25) is 4.57 Å². The van der Waals surface area contributed by atoms with Gasteiger partial charge in [-0.25, -0.2) is 4.79 Å². The molecule has 1 atom stereocenters. The molecule has 1 saturated heterocycles. The molecular formula is C25H24ClN3O4S. The van der Waals surface area contributed by atoms with E-state index in [-0.39, 0.29) is 11.7 Å². The van der Waals surface area contributed by atoms with Gasteiger partial charge in [0.15, 0.2) is 11.0 Å². The number of hydrogen-bond donors (Lipinski definition) is 0.